The van der Waals surface area contributed by atoms with E-state index in [1.54, 1.807) is 0 Å². The smallest absolute Gasteiger partial charge is 0.256 e. The van der Waals surface area contributed by atoms with E-state index in [-0.39, 0.29) is 5.91 Å². The molecule has 0 fully saturated rings. The molecule has 0 aromatic heterocycles. The summed E-state index contributed by atoms with van der Waals surface area (Å²) in [6, 6.07) is 22.6. The van der Waals surface area contributed by atoms with E-state index in [0.717, 1.165) is 20.0 Å². The number of carbonyl (C=O) groups excluding carboxylic acids is 1. The quantitative estimate of drug-likeness (QED) is 0.523. The van der Waals surface area contributed by atoms with Gasteiger partial charge >= 0.3 is 0 Å². The minimum Gasteiger partial charge on any atom is -0.322 e. The molecule has 0 aliphatic carbocycles. The predicted octanol–water partition coefficient (Wildman–Crippen LogP) is 6.51. The van der Waals surface area contributed by atoms with Crippen molar-refractivity contribution in [3.05, 3.63) is 87.9 Å². The highest BCUT2D eigenvalue weighted by atomic mass is 79.9. The Balaban J connectivity index is 1.86. The van der Waals surface area contributed by atoms with E-state index in [0.29, 0.717) is 10.6 Å². The van der Waals surface area contributed by atoms with E-state index in [4.69, 9.17) is 11.6 Å². The average molecular weight is 419 g/mol. The zero-order valence-corrected chi connectivity index (χ0v) is 15.7. The lowest BCUT2D eigenvalue weighted by atomic mass is 10.2. The van der Waals surface area contributed by atoms with Gasteiger partial charge in [0.15, 0.2) is 0 Å². The van der Waals surface area contributed by atoms with Crippen LogP contribution in [0.25, 0.3) is 0 Å². The molecular formula is C19H13BrClNOS. The first kappa shape index (κ1) is 17.1. The molecule has 0 unspecified atom stereocenters. The maximum atomic E-state index is 12.6. The van der Waals surface area contributed by atoms with Crippen molar-refractivity contribution in [1.82, 2.24) is 0 Å². The second-order valence-corrected chi connectivity index (χ2v) is 7.37. The van der Waals surface area contributed by atoms with E-state index in [2.05, 4.69) is 21.2 Å². The van der Waals surface area contributed by atoms with Crippen molar-refractivity contribution in [2.24, 2.45) is 0 Å². The fraction of sp³-hybridized carbons (Fsp3) is 0. The molecule has 0 aliphatic heterocycles. The second kappa shape index (κ2) is 7.88. The topological polar surface area (TPSA) is 29.1 Å². The molecule has 0 bridgehead atoms. The molecule has 0 heterocycles. The van der Waals surface area contributed by atoms with Gasteiger partial charge in [-0.3, -0.25) is 4.79 Å². The molecule has 0 saturated carbocycles. The van der Waals surface area contributed by atoms with Gasteiger partial charge in [-0.15, -0.1) is 0 Å². The molecule has 120 valence electrons. The summed E-state index contributed by atoms with van der Waals surface area (Å²) in [6.07, 6.45) is 0. The van der Waals surface area contributed by atoms with Crippen LogP contribution in [0.15, 0.2) is 87.1 Å². The van der Waals surface area contributed by atoms with Crippen molar-refractivity contribution in [3.8, 4) is 0 Å². The summed E-state index contributed by atoms with van der Waals surface area (Å²) in [5, 5.41) is 3.59. The molecule has 3 rings (SSSR count). The first-order valence-electron chi connectivity index (χ1n) is 7.22. The Morgan fingerprint density at radius 3 is 2.38 bits per heavy atom. The summed E-state index contributed by atoms with van der Waals surface area (Å²) >= 11 is 11.0. The normalized spacial score (nSPS) is 10.4. The molecule has 0 radical (unpaired) electrons. The number of para-hydroxylation sites is 1. The van der Waals surface area contributed by atoms with Crippen LogP contribution in [0.2, 0.25) is 5.02 Å². The standard InChI is InChI=1S/C19H13BrClNOS/c20-16-12-13(21)10-11-18(16)24-17-9-5-4-8-15(17)19(23)22-14-6-2-1-3-7-14/h1-12H,(H,22,23). The van der Waals surface area contributed by atoms with Crippen molar-refractivity contribution in [2.45, 2.75) is 9.79 Å². The van der Waals surface area contributed by atoms with E-state index >= 15 is 0 Å². The third-order valence-electron chi connectivity index (χ3n) is 3.28. The largest absolute Gasteiger partial charge is 0.322 e. The highest BCUT2D eigenvalue weighted by Gasteiger charge is 2.13. The van der Waals surface area contributed by atoms with Crippen LogP contribution in [0.1, 0.15) is 10.4 Å². The van der Waals surface area contributed by atoms with Crippen molar-refractivity contribution < 1.29 is 4.79 Å². The van der Waals surface area contributed by atoms with Crippen LogP contribution >= 0.6 is 39.3 Å². The number of rotatable bonds is 4. The number of benzene rings is 3. The highest BCUT2D eigenvalue weighted by Crippen LogP contribution is 2.36. The van der Waals surface area contributed by atoms with E-state index in [1.165, 1.54) is 11.8 Å². The lowest BCUT2D eigenvalue weighted by Crippen LogP contribution is -2.12. The molecule has 3 aromatic rings. The van der Waals surface area contributed by atoms with Gasteiger partial charge in [0.05, 0.1) is 5.56 Å². The van der Waals surface area contributed by atoms with Gasteiger partial charge in [0.1, 0.15) is 0 Å². The third kappa shape index (κ3) is 4.20. The van der Waals surface area contributed by atoms with Gasteiger partial charge in [0.25, 0.3) is 5.91 Å². The number of halogens is 2. The van der Waals surface area contributed by atoms with Gasteiger partial charge in [-0.25, -0.2) is 0 Å². The number of hydrogen-bond acceptors (Lipinski definition) is 2. The first-order valence-corrected chi connectivity index (χ1v) is 9.20. The van der Waals surface area contributed by atoms with Crippen LogP contribution < -0.4 is 5.32 Å². The zero-order valence-electron chi connectivity index (χ0n) is 12.5. The summed E-state index contributed by atoms with van der Waals surface area (Å²) < 4.78 is 0.901. The van der Waals surface area contributed by atoms with Gasteiger partial charge in [0.2, 0.25) is 0 Å². The minimum atomic E-state index is -0.130. The van der Waals surface area contributed by atoms with Crippen molar-refractivity contribution in [3.63, 3.8) is 0 Å². The monoisotopic (exact) mass is 417 g/mol. The molecular weight excluding hydrogens is 406 g/mol. The molecule has 0 aliphatic rings. The maximum Gasteiger partial charge on any atom is 0.256 e. The van der Waals surface area contributed by atoms with Crippen molar-refractivity contribution in [2.75, 3.05) is 5.32 Å². The summed E-state index contributed by atoms with van der Waals surface area (Å²) in [5.41, 5.74) is 1.41. The lowest BCUT2D eigenvalue weighted by molar-refractivity contribution is 0.102. The summed E-state index contributed by atoms with van der Waals surface area (Å²) in [7, 11) is 0. The van der Waals surface area contributed by atoms with Gasteiger partial charge in [-0.2, -0.15) is 0 Å². The zero-order chi connectivity index (χ0) is 16.9. The molecule has 1 amide bonds. The number of anilines is 1. The van der Waals surface area contributed by atoms with Crippen molar-refractivity contribution in [1.29, 1.82) is 0 Å². The van der Waals surface area contributed by atoms with Crippen LogP contribution in [-0.4, -0.2) is 5.91 Å². The maximum absolute atomic E-state index is 12.6. The molecule has 5 heteroatoms. The van der Waals surface area contributed by atoms with Crippen molar-refractivity contribution >= 4 is 50.9 Å². The minimum absolute atomic E-state index is 0.130. The highest BCUT2D eigenvalue weighted by molar-refractivity contribution is 9.10. The summed E-state index contributed by atoms with van der Waals surface area (Å²) in [4.78, 5) is 14.5. The Bertz CT molecular complexity index is 870. The third-order valence-corrected chi connectivity index (χ3v) is 5.58. The van der Waals surface area contributed by atoms with Gasteiger partial charge in [-0.1, -0.05) is 53.7 Å². The lowest BCUT2D eigenvalue weighted by Gasteiger charge is -2.11. The van der Waals surface area contributed by atoms with Gasteiger partial charge in [0, 0.05) is 25.0 Å². The SMILES string of the molecule is O=C(Nc1ccccc1)c1ccccc1Sc1ccc(Cl)cc1Br. The number of nitrogens with one attached hydrogen (secondary N) is 1. The van der Waals surface area contributed by atoms with E-state index < -0.39 is 0 Å². The van der Waals surface area contributed by atoms with Crippen LogP contribution in [0.3, 0.4) is 0 Å². The Kier molecular flexibility index (Phi) is 5.61. The van der Waals surface area contributed by atoms with E-state index in [1.807, 2.05) is 72.8 Å². The Morgan fingerprint density at radius 2 is 1.62 bits per heavy atom. The molecule has 0 atom stereocenters. The van der Waals surface area contributed by atoms with Gasteiger partial charge in [-0.05, 0) is 58.4 Å². The average Bonchev–Trinajstić information content (AvgIpc) is 2.59. The predicted molar refractivity (Wildman–Crippen MR) is 104 cm³/mol. The fourth-order valence-corrected chi connectivity index (χ4v) is 4.01. The second-order valence-electron chi connectivity index (χ2n) is 4.99. The molecule has 3 aromatic carbocycles. The Hall–Kier alpha value is -1.75. The van der Waals surface area contributed by atoms with Crippen LogP contribution in [0.4, 0.5) is 5.69 Å². The Morgan fingerprint density at radius 1 is 0.917 bits per heavy atom. The van der Waals surface area contributed by atoms with E-state index in [9.17, 15) is 4.79 Å². The molecule has 24 heavy (non-hydrogen) atoms. The number of carbonyl (C=O) groups is 1. The first-order chi connectivity index (χ1) is 11.6. The van der Waals surface area contributed by atoms with Crippen LogP contribution in [0, 0.1) is 0 Å². The van der Waals surface area contributed by atoms with Crippen LogP contribution in [-0.2, 0) is 0 Å². The molecule has 0 spiro atoms. The molecule has 1 N–H and O–H groups in total. The Labute approximate surface area is 158 Å². The van der Waals surface area contributed by atoms with Gasteiger partial charge < -0.3 is 5.32 Å². The fourth-order valence-electron chi connectivity index (χ4n) is 2.14. The molecule has 2 nitrogen and oxygen atoms in total. The number of amides is 1. The summed E-state index contributed by atoms with van der Waals surface area (Å²) in [5.74, 6) is -0.130. The number of hydrogen-bond donors (Lipinski definition) is 1. The van der Waals surface area contributed by atoms with Crippen LogP contribution in [0.5, 0.6) is 0 Å². The summed E-state index contributed by atoms with van der Waals surface area (Å²) in [6.45, 7) is 0. The molecule has 0 saturated heterocycles.